The molecule has 0 saturated heterocycles. The number of hydrogen-bond acceptors (Lipinski definition) is 3. The molecule has 0 aliphatic heterocycles. The van der Waals surface area contributed by atoms with Crippen molar-refractivity contribution < 1.29 is 8.42 Å². The third-order valence-electron chi connectivity index (χ3n) is 3.39. The summed E-state index contributed by atoms with van der Waals surface area (Å²) in [7, 11) is -3.41. The molecule has 0 spiro atoms. The zero-order chi connectivity index (χ0) is 13.3. The molecule has 100 valence electrons. The minimum Gasteiger partial charge on any atom is -0.327 e. The minimum atomic E-state index is -3.41. The van der Waals surface area contributed by atoms with Gasteiger partial charge in [0, 0.05) is 12.1 Å². The van der Waals surface area contributed by atoms with Crippen LogP contribution in [0.15, 0.2) is 29.2 Å². The fourth-order valence-electron chi connectivity index (χ4n) is 1.87. The number of benzene rings is 1. The first kappa shape index (κ1) is 13.5. The third kappa shape index (κ3) is 2.91. The zero-order valence-electron chi connectivity index (χ0n) is 10.8. The topological polar surface area (TPSA) is 72.2 Å². The molecule has 18 heavy (non-hydrogen) atoms. The van der Waals surface area contributed by atoms with Crippen LogP contribution in [-0.2, 0) is 10.0 Å². The monoisotopic (exact) mass is 268 g/mol. The molecule has 0 bridgehead atoms. The fourth-order valence-corrected chi connectivity index (χ4v) is 3.49. The standard InChI is InChI=1S/C13H20N2O2S/c1-9(10(2)14)12-5-3-4-6-13(12)18(16,17)15-11-7-8-11/h3-6,9-11,15H,7-8,14H2,1-2H3. The van der Waals surface area contributed by atoms with Gasteiger partial charge in [0.25, 0.3) is 0 Å². The third-order valence-corrected chi connectivity index (χ3v) is 4.98. The van der Waals surface area contributed by atoms with E-state index in [0.29, 0.717) is 4.90 Å². The second-order valence-electron chi connectivity index (χ2n) is 5.08. The van der Waals surface area contributed by atoms with Crippen molar-refractivity contribution in [3.8, 4) is 0 Å². The van der Waals surface area contributed by atoms with Crippen LogP contribution in [0.1, 0.15) is 38.2 Å². The normalized spacial score (nSPS) is 19.5. The maximum atomic E-state index is 12.3. The first-order valence-corrected chi connectivity index (χ1v) is 7.77. The largest absolute Gasteiger partial charge is 0.327 e. The van der Waals surface area contributed by atoms with Gasteiger partial charge in [0.1, 0.15) is 0 Å². The van der Waals surface area contributed by atoms with E-state index in [4.69, 9.17) is 5.73 Å². The molecule has 1 aliphatic rings. The quantitative estimate of drug-likeness (QED) is 0.851. The summed E-state index contributed by atoms with van der Waals surface area (Å²) >= 11 is 0. The van der Waals surface area contributed by atoms with Gasteiger partial charge in [-0.05, 0) is 37.3 Å². The average molecular weight is 268 g/mol. The van der Waals surface area contributed by atoms with Crippen molar-refractivity contribution in [1.82, 2.24) is 4.72 Å². The second-order valence-corrected chi connectivity index (χ2v) is 6.76. The molecule has 1 aromatic rings. The molecular weight excluding hydrogens is 248 g/mol. The summed E-state index contributed by atoms with van der Waals surface area (Å²) in [6, 6.07) is 7.13. The van der Waals surface area contributed by atoms with Gasteiger partial charge in [0.2, 0.25) is 10.0 Å². The van der Waals surface area contributed by atoms with E-state index in [0.717, 1.165) is 18.4 Å². The summed E-state index contributed by atoms with van der Waals surface area (Å²) < 4.78 is 27.3. The van der Waals surface area contributed by atoms with E-state index < -0.39 is 10.0 Å². The van der Waals surface area contributed by atoms with Crippen molar-refractivity contribution in [2.45, 2.75) is 49.6 Å². The van der Waals surface area contributed by atoms with E-state index in [-0.39, 0.29) is 18.0 Å². The van der Waals surface area contributed by atoms with Gasteiger partial charge in [0.05, 0.1) is 4.90 Å². The van der Waals surface area contributed by atoms with Gasteiger partial charge >= 0.3 is 0 Å². The van der Waals surface area contributed by atoms with Crippen molar-refractivity contribution in [3.05, 3.63) is 29.8 Å². The van der Waals surface area contributed by atoms with Crippen molar-refractivity contribution >= 4 is 10.0 Å². The maximum absolute atomic E-state index is 12.3. The molecule has 2 atom stereocenters. The lowest BCUT2D eigenvalue weighted by molar-refractivity contribution is 0.570. The van der Waals surface area contributed by atoms with E-state index in [9.17, 15) is 8.42 Å². The number of rotatable bonds is 5. The summed E-state index contributed by atoms with van der Waals surface area (Å²) in [5.41, 5.74) is 6.67. The summed E-state index contributed by atoms with van der Waals surface area (Å²) in [6.45, 7) is 3.85. The van der Waals surface area contributed by atoms with Gasteiger partial charge in [-0.3, -0.25) is 0 Å². The Balaban J connectivity index is 2.37. The smallest absolute Gasteiger partial charge is 0.241 e. The molecule has 0 radical (unpaired) electrons. The fraction of sp³-hybridized carbons (Fsp3) is 0.538. The minimum absolute atomic E-state index is 0.0111. The van der Waals surface area contributed by atoms with Gasteiger partial charge in [0.15, 0.2) is 0 Å². The molecule has 1 aromatic carbocycles. The molecule has 2 unspecified atom stereocenters. The van der Waals surface area contributed by atoms with Crippen LogP contribution in [0.5, 0.6) is 0 Å². The maximum Gasteiger partial charge on any atom is 0.241 e. The van der Waals surface area contributed by atoms with Crippen LogP contribution in [0.4, 0.5) is 0 Å². The van der Waals surface area contributed by atoms with Gasteiger partial charge in [-0.15, -0.1) is 0 Å². The molecule has 1 aliphatic carbocycles. The highest BCUT2D eigenvalue weighted by Crippen LogP contribution is 2.28. The SMILES string of the molecule is CC(N)C(C)c1ccccc1S(=O)(=O)NC1CC1. The van der Waals surface area contributed by atoms with Gasteiger partial charge in [-0.1, -0.05) is 25.1 Å². The summed E-state index contributed by atoms with van der Waals surface area (Å²) in [5.74, 6) is 0.0111. The van der Waals surface area contributed by atoms with E-state index in [1.807, 2.05) is 26.0 Å². The average Bonchev–Trinajstić information content (AvgIpc) is 3.11. The van der Waals surface area contributed by atoms with Crippen molar-refractivity contribution in [2.24, 2.45) is 5.73 Å². The molecule has 0 amide bonds. The van der Waals surface area contributed by atoms with Crippen molar-refractivity contribution in [1.29, 1.82) is 0 Å². The van der Waals surface area contributed by atoms with Crippen LogP contribution in [0.3, 0.4) is 0 Å². The van der Waals surface area contributed by atoms with Gasteiger partial charge in [-0.2, -0.15) is 0 Å². The van der Waals surface area contributed by atoms with Crippen LogP contribution >= 0.6 is 0 Å². The number of sulfonamides is 1. The summed E-state index contributed by atoms with van der Waals surface area (Å²) in [4.78, 5) is 0.363. The van der Waals surface area contributed by atoms with Crippen molar-refractivity contribution in [3.63, 3.8) is 0 Å². The Hall–Kier alpha value is -0.910. The van der Waals surface area contributed by atoms with Crippen molar-refractivity contribution in [2.75, 3.05) is 0 Å². The summed E-state index contributed by atoms with van der Waals surface area (Å²) in [6.07, 6.45) is 1.87. The van der Waals surface area contributed by atoms with Gasteiger partial charge < -0.3 is 5.73 Å². The first-order chi connectivity index (χ1) is 8.42. The van der Waals surface area contributed by atoms with E-state index >= 15 is 0 Å². The lowest BCUT2D eigenvalue weighted by Crippen LogP contribution is -2.29. The number of hydrogen-bond donors (Lipinski definition) is 2. The Morgan fingerprint density at radius 1 is 1.28 bits per heavy atom. The Morgan fingerprint density at radius 2 is 1.89 bits per heavy atom. The lowest BCUT2D eigenvalue weighted by Gasteiger charge is -2.19. The zero-order valence-corrected chi connectivity index (χ0v) is 11.6. The second kappa shape index (κ2) is 4.99. The molecule has 3 N–H and O–H groups in total. The first-order valence-electron chi connectivity index (χ1n) is 6.28. The molecule has 4 nitrogen and oxygen atoms in total. The molecule has 2 rings (SSSR count). The van der Waals surface area contributed by atoms with Crippen LogP contribution in [0, 0.1) is 0 Å². The van der Waals surface area contributed by atoms with Crippen LogP contribution in [0.25, 0.3) is 0 Å². The number of nitrogens with one attached hydrogen (secondary N) is 1. The molecule has 1 fully saturated rings. The highest BCUT2D eigenvalue weighted by atomic mass is 32.2. The van der Waals surface area contributed by atoms with Crippen LogP contribution in [0.2, 0.25) is 0 Å². The Bertz CT molecular complexity index is 522. The molecule has 5 heteroatoms. The van der Waals surface area contributed by atoms with Gasteiger partial charge in [-0.25, -0.2) is 13.1 Å². The predicted octanol–water partition coefficient (Wildman–Crippen LogP) is 1.58. The molecule has 0 heterocycles. The summed E-state index contributed by atoms with van der Waals surface area (Å²) in [5, 5.41) is 0. The predicted molar refractivity (Wildman–Crippen MR) is 71.8 cm³/mol. The molecule has 0 aromatic heterocycles. The van der Waals surface area contributed by atoms with Crippen LogP contribution < -0.4 is 10.5 Å². The van der Waals surface area contributed by atoms with E-state index in [1.165, 1.54) is 0 Å². The Labute approximate surface area is 109 Å². The Morgan fingerprint density at radius 3 is 2.44 bits per heavy atom. The van der Waals surface area contributed by atoms with E-state index in [2.05, 4.69) is 4.72 Å². The van der Waals surface area contributed by atoms with E-state index in [1.54, 1.807) is 12.1 Å². The number of nitrogens with two attached hydrogens (primary N) is 1. The molecule has 1 saturated carbocycles. The lowest BCUT2D eigenvalue weighted by atomic mass is 9.95. The molecular formula is C13H20N2O2S. The highest BCUT2D eigenvalue weighted by molar-refractivity contribution is 7.89. The highest BCUT2D eigenvalue weighted by Gasteiger charge is 2.30. The Kier molecular flexibility index (Phi) is 3.75. The van der Waals surface area contributed by atoms with Crippen LogP contribution in [-0.4, -0.2) is 20.5 Å².